The molecule has 0 bridgehead atoms. The molecule has 39 heavy (non-hydrogen) atoms. The van der Waals surface area contributed by atoms with Gasteiger partial charge in [-0.2, -0.15) is 5.26 Å². The Morgan fingerprint density at radius 3 is 2.36 bits per heavy atom. The summed E-state index contributed by atoms with van der Waals surface area (Å²) in [5, 5.41) is 16.2. The van der Waals surface area contributed by atoms with E-state index in [9.17, 15) is 18.8 Å². The number of alkyl halides is 2. The molecule has 3 aromatic rings. The van der Waals surface area contributed by atoms with Crippen molar-refractivity contribution in [3.63, 3.8) is 0 Å². The van der Waals surface area contributed by atoms with E-state index in [1.807, 2.05) is 36.4 Å². The molecule has 2 aliphatic rings. The van der Waals surface area contributed by atoms with Crippen LogP contribution in [0.1, 0.15) is 52.4 Å². The summed E-state index contributed by atoms with van der Waals surface area (Å²) < 4.78 is 45.6. The van der Waals surface area contributed by atoms with Gasteiger partial charge in [0.15, 0.2) is 17.4 Å². The molecule has 0 radical (unpaired) electrons. The minimum atomic E-state index is -2.82. The van der Waals surface area contributed by atoms with E-state index in [-0.39, 0.29) is 12.8 Å². The normalized spacial score (nSPS) is 18.8. The lowest BCUT2D eigenvalue weighted by Crippen LogP contribution is -2.58. The number of ether oxygens (including phenoxy) is 2. The average Bonchev–Trinajstić information content (AvgIpc) is 3.57. The van der Waals surface area contributed by atoms with Gasteiger partial charge in [-0.25, -0.2) is 8.78 Å². The molecule has 1 amide bonds. The van der Waals surface area contributed by atoms with Gasteiger partial charge in [-0.3, -0.25) is 4.79 Å². The van der Waals surface area contributed by atoms with Gasteiger partial charge in [0.25, 0.3) is 0 Å². The number of anilines is 1. The lowest BCUT2D eigenvalue weighted by Gasteiger charge is -2.39. The molecule has 0 aliphatic heterocycles. The number of nitrogens with one attached hydrogen (secondary N) is 2. The van der Waals surface area contributed by atoms with Gasteiger partial charge < -0.3 is 24.5 Å². The van der Waals surface area contributed by atoms with E-state index >= 15 is 0 Å². The van der Waals surface area contributed by atoms with Crippen LogP contribution in [0, 0.1) is 17.2 Å². The molecule has 2 N–H and O–H groups in total. The predicted octanol–water partition coefficient (Wildman–Crippen LogP) is 6.68. The Bertz CT molecular complexity index is 1410. The summed E-state index contributed by atoms with van der Waals surface area (Å²) in [6.07, 6.45) is 0.141. The van der Waals surface area contributed by atoms with Crippen LogP contribution in [0.5, 0.6) is 11.5 Å². The van der Waals surface area contributed by atoms with E-state index in [0.29, 0.717) is 48.3 Å². The molecule has 5 rings (SSSR count). The van der Waals surface area contributed by atoms with E-state index in [4.69, 9.17) is 13.9 Å². The van der Waals surface area contributed by atoms with Gasteiger partial charge in [0.05, 0.1) is 19.8 Å². The van der Waals surface area contributed by atoms with E-state index < -0.39 is 35.7 Å². The van der Waals surface area contributed by atoms with Crippen molar-refractivity contribution in [3.05, 3.63) is 42.5 Å². The van der Waals surface area contributed by atoms with Crippen molar-refractivity contribution in [2.75, 3.05) is 19.0 Å². The maximum absolute atomic E-state index is 14.0. The van der Waals surface area contributed by atoms with Crippen molar-refractivity contribution in [1.29, 1.82) is 5.26 Å². The van der Waals surface area contributed by atoms with Crippen LogP contribution in [0.25, 0.3) is 22.1 Å². The standard InChI is InChI=1S/C30H33F2N3O4/c1-19(2)17-38-23-7-6-21(15-25(23)37-3)20-4-5-22-16-26(39-24(22)14-20)34-29(10-12-30(31,32)13-11-29)27(36)35-28(18-33)8-9-28/h4-7,14-16,19,34H,8-13,17H2,1-3H3,(H,35,36). The first-order chi connectivity index (χ1) is 18.6. The third kappa shape index (κ3) is 5.65. The van der Waals surface area contributed by atoms with Crippen LogP contribution in [0.2, 0.25) is 0 Å². The number of amides is 1. The Morgan fingerprint density at radius 1 is 1.03 bits per heavy atom. The third-order valence-corrected chi connectivity index (χ3v) is 7.54. The molecule has 0 spiro atoms. The zero-order valence-electron chi connectivity index (χ0n) is 22.4. The first-order valence-electron chi connectivity index (χ1n) is 13.3. The number of furan rings is 1. The molecule has 1 heterocycles. The monoisotopic (exact) mass is 537 g/mol. The number of carbonyl (C=O) groups is 1. The fourth-order valence-corrected chi connectivity index (χ4v) is 4.91. The molecule has 0 saturated heterocycles. The molecular formula is C30H33F2N3O4. The largest absolute Gasteiger partial charge is 0.493 e. The van der Waals surface area contributed by atoms with Crippen molar-refractivity contribution in [1.82, 2.24) is 5.32 Å². The summed E-state index contributed by atoms with van der Waals surface area (Å²) in [4.78, 5) is 13.3. The van der Waals surface area contributed by atoms with E-state index in [2.05, 4.69) is 30.6 Å². The number of hydrogen-bond donors (Lipinski definition) is 2. The lowest BCUT2D eigenvalue weighted by atomic mass is 9.79. The minimum Gasteiger partial charge on any atom is -0.493 e. The second kappa shape index (κ2) is 10.1. The van der Waals surface area contributed by atoms with Crippen molar-refractivity contribution in [2.45, 2.75) is 69.4 Å². The smallest absolute Gasteiger partial charge is 0.248 e. The Labute approximate surface area is 226 Å². The Hall–Kier alpha value is -3.80. The second-order valence-electron chi connectivity index (χ2n) is 11.1. The summed E-state index contributed by atoms with van der Waals surface area (Å²) in [6, 6.07) is 15.4. The fourth-order valence-electron chi connectivity index (χ4n) is 4.91. The zero-order valence-corrected chi connectivity index (χ0v) is 22.4. The van der Waals surface area contributed by atoms with Crippen LogP contribution >= 0.6 is 0 Å². The van der Waals surface area contributed by atoms with Crippen LogP contribution in [0.3, 0.4) is 0 Å². The Balaban J connectivity index is 1.40. The highest BCUT2D eigenvalue weighted by Crippen LogP contribution is 2.43. The molecule has 7 nitrogen and oxygen atoms in total. The molecule has 2 aromatic carbocycles. The highest BCUT2D eigenvalue weighted by atomic mass is 19.3. The first kappa shape index (κ1) is 26.8. The van der Waals surface area contributed by atoms with Gasteiger partial charge in [0.2, 0.25) is 11.8 Å². The molecule has 1 aromatic heterocycles. The van der Waals surface area contributed by atoms with Crippen LogP contribution in [-0.2, 0) is 4.79 Å². The number of carbonyl (C=O) groups excluding carboxylic acids is 1. The predicted molar refractivity (Wildman–Crippen MR) is 144 cm³/mol. The Morgan fingerprint density at radius 2 is 1.72 bits per heavy atom. The van der Waals surface area contributed by atoms with Gasteiger partial charge in [-0.05, 0) is 60.9 Å². The molecular weight excluding hydrogens is 504 g/mol. The van der Waals surface area contributed by atoms with Crippen LogP contribution in [0.4, 0.5) is 14.7 Å². The molecule has 2 aliphatic carbocycles. The summed E-state index contributed by atoms with van der Waals surface area (Å²) in [5.41, 5.74) is 0.204. The summed E-state index contributed by atoms with van der Waals surface area (Å²) in [6.45, 7) is 4.74. The quantitative estimate of drug-likeness (QED) is 0.316. The summed E-state index contributed by atoms with van der Waals surface area (Å²) >= 11 is 0. The fraction of sp³-hybridized carbons (Fsp3) is 0.467. The highest BCUT2D eigenvalue weighted by molar-refractivity contribution is 5.92. The number of halogens is 2. The molecule has 2 saturated carbocycles. The lowest BCUT2D eigenvalue weighted by molar-refractivity contribution is -0.130. The maximum Gasteiger partial charge on any atom is 0.248 e. The third-order valence-electron chi connectivity index (χ3n) is 7.54. The van der Waals surface area contributed by atoms with Crippen LogP contribution in [0.15, 0.2) is 46.9 Å². The summed E-state index contributed by atoms with van der Waals surface area (Å²) in [5.74, 6) is -1.26. The number of benzene rings is 2. The van der Waals surface area contributed by atoms with Gasteiger partial charge in [0, 0.05) is 24.3 Å². The second-order valence-corrected chi connectivity index (χ2v) is 11.1. The zero-order chi connectivity index (χ0) is 27.8. The number of rotatable bonds is 9. The van der Waals surface area contributed by atoms with Gasteiger partial charge in [-0.15, -0.1) is 0 Å². The highest BCUT2D eigenvalue weighted by Gasteiger charge is 2.53. The Kier molecular flexibility index (Phi) is 6.91. The molecule has 0 atom stereocenters. The topological polar surface area (TPSA) is 96.5 Å². The number of hydrogen-bond acceptors (Lipinski definition) is 6. The number of fused-ring (bicyclic) bond motifs is 1. The SMILES string of the molecule is COc1cc(-c2ccc3cc(NC4(C(=O)NC5(C#N)CC5)CCC(F)(F)CC4)oc3c2)ccc1OCC(C)C. The maximum atomic E-state index is 14.0. The van der Waals surface area contributed by atoms with E-state index in [0.717, 1.165) is 16.5 Å². The minimum absolute atomic E-state index is 0.0688. The van der Waals surface area contributed by atoms with Crippen molar-refractivity contribution in [2.24, 2.45) is 5.92 Å². The molecule has 0 unspecified atom stereocenters. The van der Waals surface area contributed by atoms with E-state index in [1.54, 1.807) is 13.2 Å². The van der Waals surface area contributed by atoms with Crippen molar-refractivity contribution >= 4 is 22.8 Å². The number of nitriles is 1. The van der Waals surface area contributed by atoms with Gasteiger partial charge in [-0.1, -0.05) is 32.0 Å². The average molecular weight is 538 g/mol. The van der Waals surface area contributed by atoms with Crippen molar-refractivity contribution in [3.8, 4) is 28.7 Å². The van der Waals surface area contributed by atoms with Crippen LogP contribution < -0.4 is 20.1 Å². The van der Waals surface area contributed by atoms with Crippen LogP contribution in [-0.4, -0.2) is 36.6 Å². The number of nitrogens with zero attached hydrogens (tertiary/aromatic N) is 1. The molecule has 206 valence electrons. The summed E-state index contributed by atoms with van der Waals surface area (Å²) in [7, 11) is 1.60. The van der Waals surface area contributed by atoms with Crippen molar-refractivity contribution < 1.29 is 27.5 Å². The van der Waals surface area contributed by atoms with E-state index in [1.165, 1.54) is 0 Å². The molecule has 9 heteroatoms. The van der Waals surface area contributed by atoms with Gasteiger partial charge >= 0.3 is 0 Å². The number of methoxy groups -OCH3 is 1. The first-order valence-corrected chi connectivity index (χ1v) is 13.3. The molecule has 2 fully saturated rings. The van der Waals surface area contributed by atoms with Gasteiger partial charge in [0.1, 0.15) is 16.7 Å².